The Balaban J connectivity index is 2.32. The fourth-order valence-electron chi connectivity index (χ4n) is 0.297. The van der Waals surface area contributed by atoms with E-state index in [1.807, 2.05) is 7.05 Å². The van der Waals surface area contributed by atoms with Gasteiger partial charge in [0.05, 0.1) is 7.05 Å². The van der Waals surface area contributed by atoms with E-state index in [1.54, 1.807) is 0 Å². The molecule has 6 heavy (non-hydrogen) atoms. The van der Waals surface area contributed by atoms with Crippen LogP contribution in [0.1, 0.15) is 0 Å². The SMILES string of the molecule is C[NH+]1CN=NN1. The molecule has 0 fully saturated rings. The van der Waals surface area contributed by atoms with Crippen LogP contribution in [0, 0.1) is 0 Å². The molecule has 1 rings (SSSR count). The van der Waals surface area contributed by atoms with Gasteiger partial charge in [0, 0.05) is 0 Å². The maximum atomic E-state index is 3.64. The monoisotopic (exact) mass is 87.1 g/mol. The number of nitrogens with zero attached hydrogens (tertiary/aromatic N) is 2. The minimum absolute atomic E-state index is 0.750. The number of hydrogen-bond donors (Lipinski definition) is 2. The third-order valence-corrected chi connectivity index (χ3v) is 0.619. The fraction of sp³-hybridized carbons (Fsp3) is 1.00. The zero-order chi connectivity index (χ0) is 4.41. The van der Waals surface area contributed by atoms with E-state index in [-0.39, 0.29) is 0 Å². The van der Waals surface area contributed by atoms with E-state index in [2.05, 4.69) is 15.9 Å². The third kappa shape index (κ3) is 0.463. The predicted molar refractivity (Wildman–Crippen MR) is 19.7 cm³/mol. The van der Waals surface area contributed by atoms with Crippen molar-refractivity contribution in [3.05, 3.63) is 0 Å². The van der Waals surface area contributed by atoms with Crippen LogP contribution in [0.15, 0.2) is 10.3 Å². The third-order valence-electron chi connectivity index (χ3n) is 0.619. The molecular weight excluding hydrogens is 80.0 g/mol. The van der Waals surface area contributed by atoms with Gasteiger partial charge in [-0.2, -0.15) is 5.01 Å². The van der Waals surface area contributed by atoms with E-state index < -0.39 is 0 Å². The standard InChI is InChI=1S/C2H6N4/c1-6-2-3-4-5-6/h2H2,1H3,(H,3,5)/p+1. The molecule has 1 unspecified atom stereocenters. The van der Waals surface area contributed by atoms with Crippen molar-refractivity contribution in [2.24, 2.45) is 10.3 Å². The summed E-state index contributed by atoms with van der Waals surface area (Å²) in [6.45, 7) is 0.750. The Labute approximate surface area is 35.8 Å². The molecule has 0 aromatic heterocycles. The summed E-state index contributed by atoms with van der Waals surface area (Å²) in [5.74, 6) is 0. The van der Waals surface area contributed by atoms with Crippen molar-refractivity contribution in [1.82, 2.24) is 5.53 Å². The van der Waals surface area contributed by atoms with Crippen LogP contribution in [0.25, 0.3) is 0 Å². The molecule has 2 N–H and O–H groups in total. The lowest BCUT2D eigenvalue weighted by Crippen LogP contribution is -3.13. The summed E-state index contributed by atoms with van der Waals surface area (Å²) < 4.78 is 0. The summed E-state index contributed by atoms with van der Waals surface area (Å²) in [7, 11) is 1.96. The molecule has 4 nitrogen and oxygen atoms in total. The lowest BCUT2D eigenvalue weighted by atomic mass is 11.0. The van der Waals surface area contributed by atoms with E-state index in [0.717, 1.165) is 11.7 Å². The highest BCUT2D eigenvalue weighted by molar-refractivity contribution is 4.13. The first-order valence-corrected chi connectivity index (χ1v) is 1.84. The van der Waals surface area contributed by atoms with Crippen LogP contribution in [0.5, 0.6) is 0 Å². The van der Waals surface area contributed by atoms with E-state index in [4.69, 9.17) is 0 Å². The quantitative estimate of drug-likeness (QED) is 0.365. The molecule has 0 amide bonds. The van der Waals surface area contributed by atoms with Crippen molar-refractivity contribution < 1.29 is 5.01 Å². The van der Waals surface area contributed by atoms with Crippen LogP contribution in [0.4, 0.5) is 0 Å². The van der Waals surface area contributed by atoms with Gasteiger partial charge in [0.2, 0.25) is 6.67 Å². The topological polar surface area (TPSA) is 41.2 Å². The normalized spacial score (nSPS) is 30.5. The van der Waals surface area contributed by atoms with Gasteiger partial charge in [-0.15, -0.1) is 10.6 Å². The molecule has 1 aliphatic heterocycles. The molecule has 4 heteroatoms. The molecule has 0 aromatic rings. The Kier molecular flexibility index (Phi) is 0.719. The molecule has 0 aromatic carbocycles. The Morgan fingerprint density at radius 3 is 2.83 bits per heavy atom. The molecule has 0 radical (unpaired) electrons. The van der Waals surface area contributed by atoms with Crippen LogP contribution >= 0.6 is 0 Å². The van der Waals surface area contributed by atoms with Gasteiger partial charge in [0.15, 0.2) is 0 Å². The summed E-state index contributed by atoms with van der Waals surface area (Å²) >= 11 is 0. The van der Waals surface area contributed by atoms with E-state index >= 15 is 0 Å². The van der Waals surface area contributed by atoms with Crippen molar-refractivity contribution in [2.75, 3.05) is 13.7 Å². The number of nitrogens with one attached hydrogen (secondary N) is 2. The fourth-order valence-corrected chi connectivity index (χ4v) is 0.297. The molecule has 1 atom stereocenters. The van der Waals surface area contributed by atoms with Gasteiger partial charge in [-0.1, -0.05) is 0 Å². The van der Waals surface area contributed by atoms with E-state index in [9.17, 15) is 0 Å². The Morgan fingerprint density at radius 1 is 1.83 bits per heavy atom. The number of rotatable bonds is 0. The average Bonchev–Trinajstić information content (AvgIpc) is 1.86. The van der Waals surface area contributed by atoms with Crippen molar-refractivity contribution in [1.29, 1.82) is 0 Å². The molecule has 0 bridgehead atoms. The van der Waals surface area contributed by atoms with Crippen molar-refractivity contribution in [3.8, 4) is 0 Å². The van der Waals surface area contributed by atoms with Gasteiger partial charge >= 0.3 is 0 Å². The second-order valence-electron chi connectivity index (χ2n) is 1.29. The van der Waals surface area contributed by atoms with Crippen molar-refractivity contribution >= 4 is 0 Å². The van der Waals surface area contributed by atoms with Gasteiger partial charge < -0.3 is 0 Å². The van der Waals surface area contributed by atoms with Crippen LogP contribution < -0.4 is 10.5 Å². The lowest BCUT2D eigenvalue weighted by Gasteiger charge is -1.95. The first-order chi connectivity index (χ1) is 2.89. The van der Waals surface area contributed by atoms with Crippen LogP contribution in [0.3, 0.4) is 0 Å². The molecule has 0 aliphatic carbocycles. The Morgan fingerprint density at radius 2 is 2.67 bits per heavy atom. The second kappa shape index (κ2) is 1.22. The minimum Gasteiger partial charge on any atom is -0.199 e. The first-order valence-electron chi connectivity index (χ1n) is 1.84. The summed E-state index contributed by atoms with van der Waals surface area (Å²) in [4.78, 5) is 0. The average molecular weight is 87.1 g/mol. The lowest BCUT2D eigenvalue weighted by molar-refractivity contribution is -0.916. The van der Waals surface area contributed by atoms with Crippen molar-refractivity contribution in [3.63, 3.8) is 0 Å². The van der Waals surface area contributed by atoms with E-state index in [1.165, 1.54) is 0 Å². The summed E-state index contributed by atoms with van der Waals surface area (Å²) in [6, 6.07) is 0. The first kappa shape index (κ1) is 3.55. The Hall–Kier alpha value is -0.640. The van der Waals surface area contributed by atoms with E-state index in [0.29, 0.717) is 0 Å². The summed E-state index contributed by atoms with van der Waals surface area (Å²) in [5, 5.41) is 8.26. The van der Waals surface area contributed by atoms with Gasteiger partial charge in [-0.05, 0) is 5.22 Å². The van der Waals surface area contributed by atoms with Crippen molar-refractivity contribution in [2.45, 2.75) is 0 Å². The van der Waals surface area contributed by atoms with Crippen LogP contribution in [0.2, 0.25) is 0 Å². The molecule has 0 saturated heterocycles. The predicted octanol–water partition coefficient (Wildman–Crippen LogP) is -1.66. The zero-order valence-electron chi connectivity index (χ0n) is 3.60. The van der Waals surface area contributed by atoms with Gasteiger partial charge in [0.25, 0.3) is 0 Å². The number of hydrogen-bond acceptors (Lipinski definition) is 3. The number of quaternary nitrogens is 1. The van der Waals surface area contributed by atoms with Crippen LogP contribution in [-0.2, 0) is 0 Å². The molecule has 1 aliphatic rings. The smallest absolute Gasteiger partial charge is 0.199 e. The molecular formula is C2H7N4+. The zero-order valence-corrected chi connectivity index (χ0v) is 3.60. The maximum Gasteiger partial charge on any atom is 0.215 e. The summed E-state index contributed by atoms with van der Waals surface area (Å²) in [5.41, 5.74) is 2.69. The molecule has 1 heterocycles. The van der Waals surface area contributed by atoms with Gasteiger partial charge in [0.1, 0.15) is 0 Å². The van der Waals surface area contributed by atoms with Gasteiger partial charge in [-0.25, -0.2) is 0 Å². The summed E-state index contributed by atoms with van der Waals surface area (Å²) in [6.07, 6.45) is 0. The highest BCUT2D eigenvalue weighted by Gasteiger charge is 2.00. The highest BCUT2D eigenvalue weighted by atomic mass is 15.8. The molecule has 0 saturated carbocycles. The largest absolute Gasteiger partial charge is 0.215 e. The van der Waals surface area contributed by atoms with Gasteiger partial charge in [-0.3, -0.25) is 0 Å². The van der Waals surface area contributed by atoms with Crippen LogP contribution in [-0.4, -0.2) is 13.7 Å². The maximum absolute atomic E-state index is 3.64. The Bertz CT molecular complexity index is 59.9. The minimum atomic E-state index is 0.750. The molecule has 0 spiro atoms. The molecule has 34 valence electrons. The highest BCUT2D eigenvalue weighted by Crippen LogP contribution is 1.62. The second-order valence-corrected chi connectivity index (χ2v) is 1.29.